The first kappa shape index (κ1) is 19.8. The van der Waals surface area contributed by atoms with Crippen LogP contribution in [-0.2, 0) is 19.1 Å². The molecule has 0 amide bonds. The van der Waals surface area contributed by atoms with Crippen molar-refractivity contribution in [1.29, 1.82) is 0 Å². The van der Waals surface area contributed by atoms with E-state index in [9.17, 15) is 0 Å². The predicted molar refractivity (Wildman–Crippen MR) is 119 cm³/mol. The van der Waals surface area contributed by atoms with Gasteiger partial charge >= 0.3 is 0 Å². The lowest BCUT2D eigenvalue weighted by Crippen LogP contribution is -2.38. The third-order valence-corrected chi connectivity index (χ3v) is 5.04. The monoisotopic (exact) mass is 402 g/mol. The molecule has 2 heterocycles. The number of para-hydroxylation sites is 2. The number of aryl methyl sites for hydroxylation is 2. The van der Waals surface area contributed by atoms with E-state index in [1.165, 1.54) is 5.56 Å². The Morgan fingerprint density at radius 3 is 2.43 bits per heavy atom. The van der Waals surface area contributed by atoms with Gasteiger partial charge in [0.15, 0.2) is 0 Å². The molecule has 2 aromatic carbocycles. The van der Waals surface area contributed by atoms with Crippen LogP contribution in [0.25, 0.3) is 11.0 Å². The highest BCUT2D eigenvalue weighted by molar-refractivity contribution is 5.76. The summed E-state index contributed by atoms with van der Waals surface area (Å²) in [5.74, 6) is 2.09. The maximum absolute atomic E-state index is 5.92. The molecule has 30 heavy (non-hydrogen) atoms. The molecule has 0 saturated carbocycles. The lowest BCUT2D eigenvalue weighted by Gasteiger charge is -2.25. The summed E-state index contributed by atoms with van der Waals surface area (Å²) in [6.45, 7) is 6.64. The van der Waals surface area contributed by atoms with Gasteiger partial charge in [-0.05, 0) is 45.0 Å². The molecule has 154 valence electrons. The van der Waals surface area contributed by atoms with Crippen LogP contribution in [0.3, 0.4) is 0 Å². The van der Waals surface area contributed by atoms with Gasteiger partial charge in [-0.25, -0.2) is 4.98 Å². The minimum atomic E-state index is -0.403. The van der Waals surface area contributed by atoms with Crippen molar-refractivity contribution in [2.75, 3.05) is 11.1 Å². The molecule has 0 spiro atoms. The van der Waals surface area contributed by atoms with Crippen LogP contribution in [0.1, 0.15) is 31.1 Å². The molecule has 4 aromatic rings. The van der Waals surface area contributed by atoms with E-state index in [-0.39, 0.29) is 5.95 Å². The number of nitrogens with two attached hydrogens (primary N) is 1. The molecule has 0 aliphatic rings. The fourth-order valence-corrected chi connectivity index (χ4v) is 3.42. The smallest absolute Gasteiger partial charge is 0.232 e. The minimum absolute atomic E-state index is 0.178. The second-order valence-corrected chi connectivity index (χ2v) is 7.89. The number of hydrogen-bond donors (Lipinski definition) is 3. The van der Waals surface area contributed by atoms with E-state index in [2.05, 4.69) is 50.1 Å². The van der Waals surface area contributed by atoms with E-state index in [1.807, 2.05) is 56.4 Å². The average molecular weight is 403 g/mol. The van der Waals surface area contributed by atoms with Crippen LogP contribution in [-0.4, -0.2) is 24.5 Å². The number of imidazole rings is 1. The van der Waals surface area contributed by atoms with E-state index in [4.69, 9.17) is 10.7 Å². The fraction of sp³-hybridized carbons (Fsp3) is 0.273. The predicted octanol–water partition coefficient (Wildman–Crippen LogP) is 3.42. The standard InChI is InChI=1S/C22H26N8/c1-14-9-11-15(12-10-14)25-21-28-18(27-20(23)29-21)13-24-22(2,3)19-26-16-7-5-6-8-17(16)30(19)4/h5-12,24H,13H2,1-4H3,(H3,23,25,27,28,29). The Kier molecular flexibility index (Phi) is 5.09. The zero-order valence-electron chi connectivity index (χ0n) is 17.6. The van der Waals surface area contributed by atoms with Gasteiger partial charge in [-0.2, -0.15) is 15.0 Å². The molecular formula is C22H26N8. The van der Waals surface area contributed by atoms with E-state index >= 15 is 0 Å². The first-order valence-corrected chi connectivity index (χ1v) is 9.83. The van der Waals surface area contributed by atoms with Crippen LogP contribution in [0.4, 0.5) is 17.6 Å². The topological polar surface area (TPSA) is 107 Å². The zero-order valence-corrected chi connectivity index (χ0v) is 17.6. The quantitative estimate of drug-likeness (QED) is 0.454. The maximum atomic E-state index is 5.92. The highest BCUT2D eigenvalue weighted by Gasteiger charge is 2.26. The van der Waals surface area contributed by atoms with Gasteiger partial charge in [-0.3, -0.25) is 5.32 Å². The Morgan fingerprint density at radius 1 is 0.967 bits per heavy atom. The highest BCUT2D eigenvalue weighted by atomic mass is 15.2. The van der Waals surface area contributed by atoms with Gasteiger partial charge in [0.1, 0.15) is 11.6 Å². The van der Waals surface area contributed by atoms with Crippen LogP contribution in [0, 0.1) is 6.92 Å². The number of hydrogen-bond acceptors (Lipinski definition) is 7. The molecule has 2 aromatic heterocycles. The van der Waals surface area contributed by atoms with E-state index in [1.54, 1.807) is 0 Å². The summed E-state index contributed by atoms with van der Waals surface area (Å²) in [6.07, 6.45) is 0. The van der Waals surface area contributed by atoms with Crippen LogP contribution >= 0.6 is 0 Å². The van der Waals surface area contributed by atoms with Crippen LogP contribution in [0.15, 0.2) is 48.5 Å². The number of fused-ring (bicyclic) bond motifs is 1. The van der Waals surface area contributed by atoms with Gasteiger partial charge in [0.2, 0.25) is 11.9 Å². The van der Waals surface area contributed by atoms with Gasteiger partial charge < -0.3 is 15.6 Å². The van der Waals surface area contributed by atoms with Gasteiger partial charge in [0.05, 0.1) is 23.1 Å². The van der Waals surface area contributed by atoms with Crippen molar-refractivity contribution in [2.45, 2.75) is 32.9 Å². The number of nitrogens with zero attached hydrogens (tertiary/aromatic N) is 5. The fourth-order valence-electron chi connectivity index (χ4n) is 3.42. The maximum Gasteiger partial charge on any atom is 0.232 e. The van der Waals surface area contributed by atoms with Gasteiger partial charge in [0, 0.05) is 12.7 Å². The second-order valence-electron chi connectivity index (χ2n) is 7.89. The Hall–Kier alpha value is -3.52. The van der Waals surface area contributed by atoms with E-state index in [0.29, 0.717) is 18.3 Å². The number of benzene rings is 2. The Morgan fingerprint density at radius 2 is 1.70 bits per heavy atom. The number of anilines is 3. The molecule has 0 atom stereocenters. The summed E-state index contributed by atoms with van der Waals surface area (Å²) < 4.78 is 2.11. The lowest BCUT2D eigenvalue weighted by atomic mass is 10.0. The second kappa shape index (κ2) is 7.72. The van der Waals surface area contributed by atoms with Gasteiger partial charge in [-0.1, -0.05) is 29.8 Å². The van der Waals surface area contributed by atoms with Crippen LogP contribution < -0.4 is 16.4 Å². The van der Waals surface area contributed by atoms with Gasteiger partial charge in [0.25, 0.3) is 0 Å². The molecule has 4 rings (SSSR count). The van der Waals surface area contributed by atoms with Crippen molar-refractivity contribution in [2.24, 2.45) is 7.05 Å². The van der Waals surface area contributed by atoms with Gasteiger partial charge in [-0.15, -0.1) is 0 Å². The number of rotatable bonds is 6. The molecule has 8 nitrogen and oxygen atoms in total. The molecule has 0 aliphatic heterocycles. The minimum Gasteiger partial charge on any atom is -0.368 e. The first-order valence-electron chi connectivity index (χ1n) is 9.83. The lowest BCUT2D eigenvalue weighted by molar-refractivity contribution is 0.365. The molecule has 0 radical (unpaired) electrons. The van der Waals surface area contributed by atoms with Crippen molar-refractivity contribution in [1.82, 2.24) is 29.8 Å². The third-order valence-electron chi connectivity index (χ3n) is 5.04. The summed E-state index contributed by atoms with van der Waals surface area (Å²) in [5.41, 5.74) is 9.66. The third kappa shape index (κ3) is 4.08. The Bertz CT molecular complexity index is 1180. The number of nitrogen functional groups attached to an aromatic ring is 1. The summed E-state index contributed by atoms with van der Waals surface area (Å²) >= 11 is 0. The van der Waals surface area contributed by atoms with E-state index < -0.39 is 5.54 Å². The number of aromatic nitrogens is 5. The molecule has 0 unspecified atom stereocenters. The summed E-state index contributed by atoms with van der Waals surface area (Å²) in [5, 5.41) is 6.68. The summed E-state index contributed by atoms with van der Waals surface area (Å²) in [4.78, 5) is 17.8. The van der Waals surface area contributed by atoms with Crippen molar-refractivity contribution in [3.05, 3.63) is 65.7 Å². The molecular weight excluding hydrogens is 376 g/mol. The molecule has 0 aliphatic carbocycles. The molecule has 8 heteroatoms. The highest BCUT2D eigenvalue weighted by Crippen LogP contribution is 2.24. The average Bonchev–Trinajstić information content (AvgIpc) is 3.06. The van der Waals surface area contributed by atoms with Crippen molar-refractivity contribution in [3.63, 3.8) is 0 Å². The molecule has 0 bridgehead atoms. The van der Waals surface area contributed by atoms with Crippen molar-refractivity contribution >= 4 is 28.6 Å². The van der Waals surface area contributed by atoms with E-state index in [0.717, 1.165) is 22.5 Å². The molecule has 0 saturated heterocycles. The Labute approximate surface area is 175 Å². The molecule has 0 fully saturated rings. The van der Waals surface area contributed by atoms with Crippen molar-refractivity contribution < 1.29 is 0 Å². The summed E-state index contributed by atoms with van der Waals surface area (Å²) in [6, 6.07) is 16.1. The summed E-state index contributed by atoms with van der Waals surface area (Å²) in [7, 11) is 2.03. The SMILES string of the molecule is Cc1ccc(Nc2nc(N)nc(CNC(C)(C)c3nc4ccccc4n3C)n2)cc1. The first-order chi connectivity index (χ1) is 14.3. The van der Waals surface area contributed by atoms with Crippen LogP contribution in [0.5, 0.6) is 0 Å². The largest absolute Gasteiger partial charge is 0.368 e. The zero-order chi connectivity index (χ0) is 21.3. The number of nitrogens with one attached hydrogen (secondary N) is 2. The normalized spacial score (nSPS) is 11.7. The van der Waals surface area contributed by atoms with Crippen molar-refractivity contribution in [3.8, 4) is 0 Å². The van der Waals surface area contributed by atoms with Crippen LogP contribution in [0.2, 0.25) is 0 Å². The Balaban J connectivity index is 1.52. The molecule has 4 N–H and O–H groups in total.